The zero-order valence-corrected chi connectivity index (χ0v) is 13.3. The Bertz CT molecular complexity index is 410. The molecule has 0 bridgehead atoms. The smallest absolute Gasteiger partial charge is 0.0587 e. The summed E-state index contributed by atoms with van der Waals surface area (Å²) in [6.45, 7) is 5.65. The van der Waals surface area contributed by atoms with Crippen molar-refractivity contribution in [3.8, 4) is 0 Å². The zero-order chi connectivity index (χ0) is 14.9. The van der Waals surface area contributed by atoms with E-state index >= 15 is 0 Å². The van der Waals surface area contributed by atoms with Gasteiger partial charge in [-0.2, -0.15) is 0 Å². The molecule has 0 amide bonds. The van der Waals surface area contributed by atoms with Gasteiger partial charge in [0, 0.05) is 46.1 Å². The van der Waals surface area contributed by atoms with Gasteiger partial charge in [-0.1, -0.05) is 18.2 Å². The number of benzene rings is 1. The number of nitrogens with one attached hydrogen (secondary N) is 1. The molecule has 1 atom stereocenters. The minimum absolute atomic E-state index is 0.651. The first kappa shape index (κ1) is 16.3. The standard InChI is InChI=1S/C17H28N2O2/c1-20-11-9-18-12-16-7-3-4-8-17(16)19-10-5-6-15(13-19)14-21-2/h3-4,7-8,15,18H,5-6,9-14H2,1-2H3. The van der Waals surface area contributed by atoms with Gasteiger partial charge < -0.3 is 19.7 Å². The van der Waals surface area contributed by atoms with Gasteiger partial charge in [0.2, 0.25) is 0 Å². The lowest BCUT2D eigenvalue weighted by molar-refractivity contribution is 0.143. The molecular weight excluding hydrogens is 264 g/mol. The van der Waals surface area contributed by atoms with Crippen LogP contribution in [0.1, 0.15) is 18.4 Å². The largest absolute Gasteiger partial charge is 0.384 e. The van der Waals surface area contributed by atoms with Gasteiger partial charge in [0.25, 0.3) is 0 Å². The van der Waals surface area contributed by atoms with Gasteiger partial charge in [-0.05, 0) is 30.4 Å². The Kier molecular flexibility index (Phi) is 7.00. The molecule has 4 nitrogen and oxygen atoms in total. The van der Waals surface area contributed by atoms with Crippen molar-refractivity contribution in [1.29, 1.82) is 0 Å². The van der Waals surface area contributed by atoms with Gasteiger partial charge in [-0.25, -0.2) is 0 Å². The first-order valence-corrected chi connectivity index (χ1v) is 7.86. The van der Waals surface area contributed by atoms with Crippen LogP contribution in [0, 0.1) is 5.92 Å². The van der Waals surface area contributed by atoms with Crippen molar-refractivity contribution in [2.24, 2.45) is 5.92 Å². The van der Waals surface area contributed by atoms with Crippen LogP contribution in [0.2, 0.25) is 0 Å². The van der Waals surface area contributed by atoms with E-state index in [1.165, 1.54) is 24.1 Å². The zero-order valence-electron chi connectivity index (χ0n) is 13.3. The molecule has 1 N–H and O–H groups in total. The molecule has 1 aliphatic rings. The molecule has 0 spiro atoms. The summed E-state index contributed by atoms with van der Waals surface area (Å²) in [6, 6.07) is 8.71. The van der Waals surface area contributed by atoms with Gasteiger partial charge in [0.1, 0.15) is 0 Å². The third-order valence-electron chi connectivity index (χ3n) is 4.05. The number of nitrogens with zero attached hydrogens (tertiary/aromatic N) is 1. The van der Waals surface area contributed by atoms with Crippen molar-refractivity contribution in [3.05, 3.63) is 29.8 Å². The Balaban J connectivity index is 1.97. The Labute approximate surface area is 128 Å². The van der Waals surface area contributed by atoms with Gasteiger partial charge in [-0.3, -0.25) is 0 Å². The topological polar surface area (TPSA) is 33.7 Å². The molecule has 4 heteroatoms. The Morgan fingerprint density at radius 2 is 2.10 bits per heavy atom. The first-order valence-electron chi connectivity index (χ1n) is 7.86. The summed E-state index contributed by atoms with van der Waals surface area (Å²) in [5.74, 6) is 0.651. The summed E-state index contributed by atoms with van der Waals surface area (Å²) in [6.07, 6.45) is 2.53. The van der Waals surface area contributed by atoms with E-state index in [1.807, 2.05) is 0 Å². The predicted octanol–water partition coefficient (Wildman–Crippen LogP) is 2.29. The van der Waals surface area contributed by atoms with Crippen LogP contribution in [0.25, 0.3) is 0 Å². The molecule has 2 rings (SSSR count). The molecule has 0 saturated carbocycles. The molecule has 1 unspecified atom stereocenters. The van der Waals surface area contributed by atoms with E-state index in [0.29, 0.717) is 5.92 Å². The van der Waals surface area contributed by atoms with Crippen LogP contribution in [0.5, 0.6) is 0 Å². The highest BCUT2D eigenvalue weighted by Gasteiger charge is 2.21. The van der Waals surface area contributed by atoms with Crippen molar-refractivity contribution >= 4 is 5.69 Å². The Morgan fingerprint density at radius 3 is 2.90 bits per heavy atom. The maximum absolute atomic E-state index is 5.33. The monoisotopic (exact) mass is 292 g/mol. The van der Waals surface area contributed by atoms with E-state index in [0.717, 1.165) is 39.4 Å². The van der Waals surface area contributed by atoms with Crippen LogP contribution >= 0.6 is 0 Å². The summed E-state index contributed by atoms with van der Waals surface area (Å²) in [4.78, 5) is 2.51. The fourth-order valence-electron chi connectivity index (χ4n) is 3.02. The number of rotatable bonds is 8. The van der Waals surface area contributed by atoms with Crippen LogP contribution in [0.4, 0.5) is 5.69 Å². The molecule has 0 aromatic heterocycles. The second kappa shape index (κ2) is 9.03. The quantitative estimate of drug-likeness (QED) is 0.745. The molecule has 21 heavy (non-hydrogen) atoms. The Hall–Kier alpha value is -1.10. The second-order valence-corrected chi connectivity index (χ2v) is 5.71. The summed E-state index contributed by atoms with van der Waals surface area (Å²) in [5, 5.41) is 3.44. The number of para-hydroxylation sites is 1. The molecule has 1 aromatic carbocycles. The SMILES string of the molecule is COCCNCc1ccccc1N1CCCC(COC)C1. The molecule has 1 aliphatic heterocycles. The average molecular weight is 292 g/mol. The number of methoxy groups -OCH3 is 2. The lowest BCUT2D eigenvalue weighted by Gasteiger charge is -2.35. The first-order chi connectivity index (χ1) is 10.3. The van der Waals surface area contributed by atoms with E-state index in [2.05, 4.69) is 34.5 Å². The number of piperidine rings is 1. The maximum atomic E-state index is 5.33. The van der Waals surface area contributed by atoms with Crippen LogP contribution in [0.15, 0.2) is 24.3 Å². The van der Waals surface area contributed by atoms with Crippen molar-refractivity contribution in [3.63, 3.8) is 0 Å². The second-order valence-electron chi connectivity index (χ2n) is 5.71. The normalized spacial score (nSPS) is 19.0. The minimum atomic E-state index is 0.651. The van der Waals surface area contributed by atoms with E-state index < -0.39 is 0 Å². The minimum Gasteiger partial charge on any atom is -0.384 e. The number of ether oxygens (including phenoxy) is 2. The lowest BCUT2D eigenvalue weighted by atomic mass is 9.97. The summed E-state index contributed by atoms with van der Waals surface area (Å²) < 4.78 is 10.4. The van der Waals surface area contributed by atoms with Crippen LogP contribution in [-0.2, 0) is 16.0 Å². The van der Waals surface area contributed by atoms with Crippen molar-refractivity contribution in [2.75, 3.05) is 52.0 Å². The molecule has 1 heterocycles. The predicted molar refractivity (Wildman–Crippen MR) is 86.8 cm³/mol. The Morgan fingerprint density at radius 1 is 1.24 bits per heavy atom. The van der Waals surface area contributed by atoms with Gasteiger partial charge in [0.05, 0.1) is 13.2 Å². The molecule has 118 valence electrons. The summed E-state index contributed by atoms with van der Waals surface area (Å²) in [7, 11) is 3.53. The van der Waals surface area contributed by atoms with E-state index in [-0.39, 0.29) is 0 Å². The van der Waals surface area contributed by atoms with Crippen molar-refractivity contribution < 1.29 is 9.47 Å². The van der Waals surface area contributed by atoms with Gasteiger partial charge in [0.15, 0.2) is 0 Å². The van der Waals surface area contributed by atoms with Gasteiger partial charge >= 0.3 is 0 Å². The fourth-order valence-corrected chi connectivity index (χ4v) is 3.02. The molecule has 1 aromatic rings. The molecular formula is C17H28N2O2. The van der Waals surface area contributed by atoms with E-state index in [1.54, 1.807) is 14.2 Å². The number of hydrogen-bond acceptors (Lipinski definition) is 4. The van der Waals surface area contributed by atoms with Crippen LogP contribution < -0.4 is 10.2 Å². The molecule has 0 aliphatic carbocycles. The maximum Gasteiger partial charge on any atom is 0.0587 e. The number of hydrogen-bond donors (Lipinski definition) is 1. The molecule has 1 fully saturated rings. The summed E-state index contributed by atoms with van der Waals surface area (Å²) >= 11 is 0. The summed E-state index contributed by atoms with van der Waals surface area (Å²) in [5.41, 5.74) is 2.73. The third kappa shape index (κ3) is 4.99. The van der Waals surface area contributed by atoms with E-state index in [9.17, 15) is 0 Å². The van der Waals surface area contributed by atoms with Crippen molar-refractivity contribution in [2.45, 2.75) is 19.4 Å². The van der Waals surface area contributed by atoms with Crippen LogP contribution in [0.3, 0.4) is 0 Å². The highest BCUT2D eigenvalue weighted by molar-refractivity contribution is 5.54. The number of anilines is 1. The van der Waals surface area contributed by atoms with Crippen LogP contribution in [-0.4, -0.2) is 47.1 Å². The average Bonchev–Trinajstić information content (AvgIpc) is 2.53. The fraction of sp³-hybridized carbons (Fsp3) is 0.647. The van der Waals surface area contributed by atoms with E-state index in [4.69, 9.17) is 9.47 Å². The van der Waals surface area contributed by atoms with Gasteiger partial charge in [-0.15, -0.1) is 0 Å². The molecule has 1 saturated heterocycles. The van der Waals surface area contributed by atoms with Crippen molar-refractivity contribution in [1.82, 2.24) is 5.32 Å². The highest BCUT2D eigenvalue weighted by Crippen LogP contribution is 2.26. The third-order valence-corrected chi connectivity index (χ3v) is 4.05. The highest BCUT2D eigenvalue weighted by atomic mass is 16.5. The molecule has 0 radical (unpaired) electrons. The lowest BCUT2D eigenvalue weighted by Crippen LogP contribution is -2.37.